The number of amides is 2. The molecule has 1 saturated heterocycles. The number of aromatic hydroxyl groups is 1. The molecule has 0 spiro atoms. The molecule has 3 atom stereocenters. The molecule has 0 aromatic heterocycles. The second-order valence-corrected chi connectivity index (χ2v) is 9.39. The van der Waals surface area contributed by atoms with Crippen molar-refractivity contribution in [3.63, 3.8) is 0 Å². The van der Waals surface area contributed by atoms with E-state index in [4.69, 9.17) is 16.3 Å². The van der Waals surface area contributed by atoms with E-state index >= 15 is 0 Å². The molecular formula is C30H26ClNO4. The molecule has 0 radical (unpaired) electrons. The number of fused-ring (bicyclic) bond motifs is 1. The number of benzene rings is 3. The van der Waals surface area contributed by atoms with Crippen LogP contribution in [0.1, 0.15) is 30.4 Å². The molecule has 1 N–H and O–H groups in total. The molecular weight excluding hydrogens is 474 g/mol. The number of nitrogens with zero attached hydrogens (tertiary/aromatic N) is 1. The highest BCUT2D eigenvalue weighted by atomic mass is 35.5. The number of phenolic OH excluding ortho intramolecular Hbond substituents is 1. The highest BCUT2D eigenvalue weighted by molar-refractivity contribution is 6.32. The zero-order chi connectivity index (χ0) is 25.4. The summed E-state index contributed by atoms with van der Waals surface area (Å²) in [6.45, 7) is 6.22. The van der Waals surface area contributed by atoms with Crippen LogP contribution in [0.5, 0.6) is 11.5 Å². The predicted octanol–water partition coefficient (Wildman–Crippen LogP) is 6.17. The zero-order valence-corrected chi connectivity index (χ0v) is 20.6. The van der Waals surface area contributed by atoms with Crippen molar-refractivity contribution in [1.82, 2.24) is 0 Å². The van der Waals surface area contributed by atoms with Crippen LogP contribution in [0.4, 0.5) is 5.69 Å². The second-order valence-electron chi connectivity index (χ2n) is 8.95. The van der Waals surface area contributed by atoms with Gasteiger partial charge < -0.3 is 9.84 Å². The summed E-state index contributed by atoms with van der Waals surface area (Å²) in [4.78, 5) is 29.9. The van der Waals surface area contributed by atoms with Crippen molar-refractivity contribution in [2.24, 2.45) is 5.92 Å². The smallest absolute Gasteiger partial charge is 0.246 e. The van der Waals surface area contributed by atoms with Crippen LogP contribution in [0, 0.1) is 5.92 Å². The van der Waals surface area contributed by atoms with Crippen molar-refractivity contribution >= 4 is 29.1 Å². The summed E-state index contributed by atoms with van der Waals surface area (Å²) in [6, 6.07) is 21.4. The molecule has 2 amide bonds. The van der Waals surface area contributed by atoms with Crippen molar-refractivity contribution in [2.75, 3.05) is 11.5 Å². The van der Waals surface area contributed by atoms with E-state index in [0.717, 1.165) is 5.57 Å². The van der Waals surface area contributed by atoms with Gasteiger partial charge in [0.2, 0.25) is 11.8 Å². The van der Waals surface area contributed by atoms with E-state index in [-0.39, 0.29) is 17.6 Å². The molecule has 2 aliphatic rings. The normalized spacial score (nSPS) is 23.3. The fourth-order valence-corrected chi connectivity index (χ4v) is 5.95. The van der Waals surface area contributed by atoms with Crippen molar-refractivity contribution in [3.05, 3.63) is 113 Å². The quantitative estimate of drug-likeness (QED) is 0.412. The lowest BCUT2D eigenvalue weighted by Gasteiger charge is -2.43. The fourth-order valence-electron chi connectivity index (χ4n) is 5.77. The Morgan fingerprint density at radius 2 is 1.86 bits per heavy atom. The Morgan fingerprint density at radius 1 is 1.11 bits per heavy atom. The van der Waals surface area contributed by atoms with Crippen LogP contribution in [0.15, 0.2) is 97.1 Å². The molecule has 1 aliphatic heterocycles. The summed E-state index contributed by atoms with van der Waals surface area (Å²) in [7, 11) is 0. The fraction of sp³-hybridized carbons (Fsp3) is 0.200. The summed E-state index contributed by atoms with van der Waals surface area (Å²) in [5.74, 6) is -1.73. The van der Waals surface area contributed by atoms with Crippen molar-refractivity contribution in [1.29, 1.82) is 0 Å². The van der Waals surface area contributed by atoms with Gasteiger partial charge in [0.15, 0.2) is 11.5 Å². The molecule has 3 aromatic rings. The summed E-state index contributed by atoms with van der Waals surface area (Å²) >= 11 is 6.24. The molecule has 1 fully saturated rings. The SMILES string of the molecule is C=CC1=CC[C@H]2C(=O)N(c3cccc(Cl)c3)C(=O)[C@@]2(c2ccccc2)[C@H]1c1cccc(OCC)c1O. The van der Waals surface area contributed by atoms with Crippen molar-refractivity contribution in [3.8, 4) is 11.5 Å². The molecule has 6 heteroatoms. The Balaban J connectivity index is 1.82. The summed E-state index contributed by atoms with van der Waals surface area (Å²) in [6.07, 6.45) is 4.02. The first-order valence-electron chi connectivity index (χ1n) is 11.9. The van der Waals surface area contributed by atoms with Crippen LogP contribution >= 0.6 is 11.6 Å². The lowest BCUT2D eigenvalue weighted by atomic mass is 9.56. The molecule has 0 bridgehead atoms. The van der Waals surface area contributed by atoms with Crippen LogP contribution < -0.4 is 9.64 Å². The molecule has 182 valence electrons. The number of imide groups is 1. The van der Waals surface area contributed by atoms with Gasteiger partial charge in [0.05, 0.1) is 23.6 Å². The Morgan fingerprint density at radius 3 is 2.56 bits per heavy atom. The number of carbonyl (C=O) groups is 2. The monoisotopic (exact) mass is 499 g/mol. The van der Waals surface area contributed by atoms with Crippen molar-refractivity contribution < 1.29 is 19.4 Å². The Labute approximate surface area is 215 Å². The number of rotatable bonds is 6. The Kier molecular flexibility index (Phi) is 6.19. The first-order valence-corrected chi connectivity index (χ1v) is 12.3. The van der Waals surface area contributed by atoms with E-state index in [0.29, 0.717) is 40.6 Å². The largest absolute Gasteiger partial charge is 0.504 e. The van der Waals surface area contributed by atoms with E-state index in [1.165, 1.54) is 4.90 Å². The van der Waals surface area contributed by atoms with E-state index in [1.54, 1.807) is 48.5 Å². The van der Waals surface area contributed by atoms with Crippen LogP contribution in [0.25, 0.3) is 0 Å². The second kappa shape index (κ2) is 9.32. The molecule has 1 aliphatic carbocycles. The maximum Gasteiger partial charge on any atom is 0.246 e. The van der Waals surface area contributed by atoms with Gasteiger partial charge in [-0.1, -0.05) is 78.9 Å². The van der Waals surface area contributed by atoms with Crippen molar-refractivity contribution in [2.45, 2.75) is 24.7 Å². The van der Waals surface area contributed by atoms with Gasteiger partial charge in [-0.3, -0.25) is 9.59 Å². The highest BCUT2D eigenvalue weighted by Crippen LogP contribution is 2.59. The van der Waals surface area contributed by atoms with Gasteiger partial charge in [0.1, 0.15) is 0 Å². The van der Waals surface area contributed by atoms with Gasteiger partial charge in [-0.2, -0.15) is 0 Å². The summed E-state index contributed by atoms with van der Waals surface area (Å²) < 4.78 is 5.67. The molecule has 5 nitrogen and oxygen atoms in total. The van der Waals surface area contributed by atoms with E-state index in [2.05, 4.69) is 6.58 Å². The molecule has 3 aromatic carbocycles. The number of phenols is 1. The molecule has 0 saturated carbocycles. The third-order valence-corrected chi connectivity index (χ3v) is 7.43. The number of carbonyl (C=O) groups excluding carboxylic acids is 2. The molecule has 36 heavy (non-hydrogen) atoms. The average molecular weight is 500 g/mol. The van der Waals surface area contributed by atoms with Gasteiger partial charge >= 0.3 is 0 Å². The maximum absolute atomic E-state index is 14.6. The van der Waals surface area contributed by atoms with E-state index in [1.807, 2.05) is 43.3 Å². The maximum atomic E-state index is 14.6. The standard InChI is InChI=1S/C30H26ClNO4/c1-3-19-16-17-24-28(34)32(22-13-8-12-21(31)18-22)29(35)30(24,20-10-6-5-7-11-20)26(19)23-14-9-15-25(27(23)33)36-4-2/h3,5-16,18,24,26,33H,1,4,17H2,2H3/t24-,26+,30+/m0/s1. The van der Waals surface area contributed by atoms with Crippen LogP contribution in [-0.2, 0) is 15.0 Å². The van der Waals surface area contributed by atoms with Crippen LogP contribution in [-0.4, -0.2) is 23.5 Å². The van der Waals surface area contributed by atoms with Gasteiger partial charge in [-0.05, 0) is 48.7 Å². The lowest BCUT2D eigenvalue weighted by Crippen LogP contribution is -2.48. The van der Waals surface area contributed by atoms with Crippen LogP contribution in [0.3, 0.4) is 0 Å². The number of para-hydroxylation sites is 1. The summed E-state index contributed by atoms with van der Waals surface area (Å²) in [5.41, 5.74) is 1.11. The Bertz CT molecular complexity index is 1380. The number of allylic oxidation sites excluding steroid dienone is 3. The van der Waals surface area contributed by atoms with E-state index in [9.17, 15) is 14.7 Å². The van der Waals surface area contributed by atoms with Crippen LogP contribution in [0.2, 0.25) is 5.02 Å². The first kappa shape index (κ1) is 23.9. The van der Waals surface area contributed by atoms with Gasteiger partial charge in [0, 0.05) is 16.5 Å². The zero-order valence-electron chi connectivity index (χ0n) is 19.9. The highest BCUT2D eigenvalue weighted by Gasteiger charge is 2.66. The van der Waals surface area contributed by atoms with Gasteiger partial charge in [-0.15, -0.1) is 0 Å². The Hall–Kier alpha value is -3.83. The average Bonchev–Trinajstić information content (AvgIpc) is 3.12. The minimum Gasteiger partial charge on any atom is -0.504 e. The summed E-state index contributed by atoms with van der Waals surface area (Å²) in [5, 5.41) is 11.8. The number of anilines is 1. The topological polar surface area (TPSA) is 66.8 Å². The molecule has 5 rings (SSSR count). The minimum atomic E-state index is -1.30. The number of hydrogen-bond donors (Lipinski definition) is 1. The third kappa shape index (κ3) is 3.46. The predicted molar refractivity (Wildman–Crippen MR) is 140 cm³/mol. The van der Waals surface area contributed by atoms with Gasteiger partial charge in [-0.25, -0.2) is 4.90 Å². The first-order chi connectivity index (χ1) is 17.4. The van der Waals surface area contributed by atoms with Gasteiger partial charge in [0.25, 0.3) is 0 Å². The third-order valence-electron chi connectivity index (χ3n) is 7.20. The number of halogens is 1. The number of hydrogen-bond acceptors (Lipinski definition) is 4. The van der Waals surface area contributed by atoms with E-state index < -0.39 is 17.3 Å². The minimum absolute atomic E-state index is 0.0467. The molecule has 1 heterocycles. The number of ether oxygens (including phenoxy) is 1. The molecule has 0 unspecified atom stereocenters. The lowest BCUT2D eigenvalue weighted by molar-refractivity contribution is -0.123.